The Labute approximate surface area is 144 Å². The lowest BCUT2D eigenvalue weighted by molar-refractivity contribution is 0.0927. The van der Waals surface area contributed by atoms with Crippen molar-refractivity contribution in [2.24, 2.45) is 0 Å². The summed E-state index contributed by atoms with van der Waals surface area (Å²) < 4.78 is 0. The minimum Gasteiger partial charge on any atom is -0.351 e. The number of hydrogen-bond donors (Lipinski definition) is 2. The molecule has 1 saturated carbocycles. The molecule has 1 aromatic rings. The van der Waals surface area contributed by atoms with Crippen molar-refractivity contribution in [1.29, 1.82) is 0 Å². The highest BCUT2D eigenvalue weighted by molar-refractivity contribution is 5.97. The van der Waals surface area contributed by atoms with Gasteiger partial charge in [0.1, 0.15) is 0 Å². The number of nitrogens with zero attached hydrogens (tertiary/aromatic N) is 1. The summed E-state index contributed by atoms with van der Waals surface area (Å²) in [5, 5.41) is 6.00. The second kappa shape index (κ2) is 9.42. The van der Waals surface area contributed by atoms with Gasteiger partial charge in [0.05, 0.1) is 0 Å². The summed E-state index contributed by atoms with van der Waals surface area (Å²) in [4.78, 5) is 26.4. The number of nitrogens with one attached hydrogen (secondary N) is 2. The second-order valence-electron chi connectivity index (χ2n) is 6.80. The van der Waals surface area contributed by atoms with Gasteiger partial charge in [0, 0.05) is 30.3 Å². The molecule has 0 atom stereocenters. The van der Waals surface area contributed by atoms with Gasteiger partial charge >= 0.3 is 0 Å². The summed E-state index contributed by atoms with van der Waals surface area (Å²) in [6.45, 7) is 1.41. The zero-order valence-corrected chi connectivity index (χ0v) is 14.8. The Balaban J connectivity index is 1.86. The van der Waals surface area contributed by atoms with Crippen molar-refractivity contribution in [3.05, 3.63) is 35.4 Å². The minimum absolute atomic E-state index is 0.0403. The quantitative estimate of drug-likeness (QED) is 0.787. The second-order valence-corrected chi connectivity index (χ2v) is 6.80. The number of carbonyl (C=O) groups excluding carboxylic acids is 2. The van der Waals surface area contributed by atoms with Crippen LogP contribution in [-0.2, 0) is 0 Å². The van der Waals surface area contributed by atoms with Crippen molar-refractivity contribution >= 4 is 11.8 Å². The van der Waals surface area contributed by atoms with E-state index in [1.54, 1.807) is 24.3 Å². The van der Waals surface area contributed by atoms with Crippen LogP contribution in [0.2, 0.25) is 0 Å². The van der Waals surface area contributed by atoms with Gasteiger partial charge in [-0.1, -0.05) is 25.7 Å². The molecule has 1 aromatic carbocycles. The lowest BCUT2D eigenvalue weighted by Crippen LogP contribution is -2.34. The Hall–Kier alpha value is -1.88. The number of amides is 2. The van der Waals surface area contributed by atoms with E-state index in [2.05, 4.69) is 10.6 Å². The summed E-state index contributed by atoms with van der Waals surface area (Å²) in [5.74, 6) is -0.144. The number of rotatable bonds is 6. The van der Waals surface area contributed by atoms with Crippen molar-refractivity contribution in [3.8, 4) is 0 Å². The minimum atomic E-state index is -0.104. The lowest BCUT2D eigenvalue weighted by Gasteiger charge is -2.16. The van der Waals surface area contributed by atoms with Gasteiger partial charge in [0.2, 0.25) is 0 Å². The van der Waals surface area contributed by atoms with Gasteiger partial charge in [-0.05, 0) is 51.2 Å². The molecule has 0 aliphatic heterocycles. The fraction of sp³-hybridized carbons (Fsp3) is 0.579. The summed E-state index contributed by atoms with van der Waals surface area (Å²) in [5.41, 5.74) is 1.20. The first-order valence-electron chi connectivity index (χ1n) is 8.90. The summed E-state index contributed by atoms with van der Waals surface area (Å²) in [6.07, 6.45) is 7.05. The Kier molecular flexibility index (Phi) is 7.25. The molecule has 5 heteroatoms. The zero-order chi connectivity index (χ0) is 17.4. The van der Waals surface area contributed by atoms with E-state index < -0.39 is 0 Å². The van der Waals surface area contributed by atoms with Crippen molar-refractivity contribution in [2.45, 2.75) is 44.6 Å². The molecular weight excluding hydrogens is 302 g/mol. The zero-order valence-electron chi connectivity index (χ0n) is 14.8. The predicted molar refractivity (Wildman–Crippen MR) is 96.3 cm³/mol. The number of benzene rings is 1. The standard InChI is InChI=1S/C19H29N3O2/c1-22(2)14-13-20-18(23)15-9-11-16(12-10-15)19(24)21-17-7-5-3-4-6-8-17/h9-12,17H,3-8,13-14H2,1-2H3,(H,20,23)(H,21,24). The van der Waals surface area contributed by atoms with E-state index in [-0.39, 0.29) is 17.9 Å². The van der Waals surface area contributed by atoms with E-state index in [9.17, 15) is 9.59 Å². The maximum absolute atomic E-state index is 12.3. The summed E-state index contributed by atoms with van der Waals surface area (Å²) in [7, 11) is 3.93. The van der Waals surface area contributed by atoms with Crippen LogP contribution in [0.25, 0.3) is 0 Å². The fourth-order valence-corrected chi connectivity index (χ4v) is 2.96. The van der Waals surface area contributed by atoms with E-state index >= 15 is 0 Å². The maximum atomic E-state index is 12.3. The highest BCUT2D eigenvalue weighted by atomic mass is 16.2. The molecule has 1 fully saturated rings. The first kappa shape index (κ1) is 18.5. The maximum Gasteiger partial charge on any atom is 0.251 e. The van der Waals surface area contributed by atoms with Crippen LogP contribution in [0.1, 0.15) is 59.2 Å². The van der Waals surface area contributed by atoms with Gasteiger partial charge in [-0.25, -0.2) is 0 Å². The van der Waals surface area contributed by atoms with Crippen molar-refractivity contribution in [3.63, 3.8) is 0 Å². The first-order chi connectivity index (χ1) is 11.6. The van der Waals surface area contributed by atoms with Gasteiger partial charge in [0.25, 0.3) is 11.8 Å². The van der Waals surface area contributed by atoms with Crippen LogP contribution in [-0.4, -0.2) is 49.9 Å². The Morgan fingerprint density at radius 3 is 2.04 bits per heavy atom. The topological polar surface area (TPSA) is 61.4 Å². The lowest BCUT2D eigenvalue weighted by atomic mass is 10.1. The average Bonchev–Trinajstić information content (AvgIpc) is 2.83. The molecule has 0 radical (unpaired) electrons. The van der Waals surface area contributed by atoms with E-state index in [1.165, 1.54) is 25.7 Å². The molecule has 1 aliphatic rings. The van der Waals surface area contributed by atoms with Crippen molar-refractivity contribution < 1.29 is 9.59 Å². The molecule has 0 saturated heterocycles. The van der Waals surface area contributed by atoms with Crippen LogP contribution >= 0.6 is 0 Å². The molecule has 0 unspecified atom stereocenters. The smallest absolute Gasteiger partial charge is 0.251 e. The van der Waals surface area contributed by atoms with E-state index in [1.807, 2.05) is 19.0 Å². The Bertz CT molecular complexity index is 532. The molecule has 0 aromatic heterocycles. The number of likely N-dealkylation sites (N-methyl/N-ethyl adjacent to an activating group) is 1. The molecule has 24 heavy (non-hydrogen) atoms. The third-order valence-electron chi connectivity index (χ3n) is 4.44. The molecule has 0 bridgehead atoms. The largest absolute Gasteiger partial charge is 0.351 e. The first-order valence-corrected chi connectivity index (χ1v) is 8.90. The molecule has 0 heterocycles. The van der Waals surface area contributed by atoms with Crippen LogP contribution < -0.4 is 10.6 Å². The number of hydrogen-bond acceptors (Lipinski definition) is 3. The van der Waals surface area contributed by atoms with Gasteiger partial charge in [-0.3, -0.25) is 9.59 Å². The molecule has 5 nitrogen and oxygen atoms in total. The monoisotopic (exact) mass is 331 g/mol. The molecule has 132 valence electrons. The predicted octanol–water partition coefficient (Wildman–Crippen LogP) is 2.43. The van der Waals surface area contributed by atoms with Gasteiger partial charge in [-0.15, -0.1) is 0 Å². The van der Waals surface area contributed by atoms with Crippen LogP contribution in [0.3, 0.4) is 0 Å². The van der Waals surface area contributed by atoms with Crippen LogP contribution in [0, 0.1) is 0 Å². The molecule has 2 amide bonds. The van der Waals surface area contributed by atoms with Gasteiger partial charge < -0.3 is 15.5 Å². The van der Waals surface area contributed by atoms with Crippen LogP contribution in [0.4, 0.5) is 0 Å². The van der Waals surface area contributed by atoms with E-state index in [0.29, 0.717) is 17.7 Å². The summed E-state index contributed by atoms with van der Waals surface area (Å²) in [6, 6.07) is 7.17. The van der Waals surface area contributed by atoms with E-state index in [0.717, 1.165) is 19.4 Å². The van der Waals surface area contributed by atoms with Gasteiger partial charge in [0.15, 0.2) is 0 Å². The van der Waals surface area contributed by atoms with Crippen molar-refractivity contribution in [2.75, 3.05) is 27.2 Å². The molecule has 2 N–H and O–H groups in total. The van der Waals surface area contributed by atoms with Crippen molar-refractivity contribution in [1.82, 2.24) is 15.5 Å². The van der Waals surface area contributed by atoms with E-state index in [4.69, 9.17) is 0 Å². The highest BCUT2D eigenvalue weighted by Crippen LogP contribution is 2.17. The molecule has 1 aliphatic carbocycles. The van der Waals surface area contributed by atoms with Crippen LogP contribution in [0.5, 0.6) is 0 Å². The number of carbonyl (C=O) groups is 2. The SMILES string of the molecule is CN(C)CCNC(=O)c1ccc(C(=O)NC2CCCCCC2)cc1. The summed E-state index contributed by atoms with van der Waals surface area (Å²) >= 11 is 0. The molecule has 0 spiro atoms. The third-order valence-corrected chi connectivity index (χ3v) is 4.44. The van der Waals surface area contributed by atoms with Gasteiger partial charge in [-0.2, -0.15) is 0 Å². The van der Waals surface area contributed by atoms with Crippen LogP contribution in [0.15, 0.2) is 24.3 Å². The highest BCUT2D eigenvalue weighted by Gasteiger charge is 2.16. The Morgan fingerprint density at radius 2 is 1.50 bits per heavy atom. The Morgan fingerprint density at radius 1 is 0.958 bits per heavy atom. The fourth-order valence-electron chi connectivity index (χ4n) is 2.96. The molecular formula is C19H29N3O2. The third kappa shape index (κ3) is 5.96. The molecule has 2 rings (SSSR count). The normalized spacial score (nSPS) is 15.8. The average molecular weight is 331 g/mol.